The van der Waals surface area contributed by atoms with E-state index < -0.39 is 0 Å². The summed E-state index contributed by atoms with van der Waals surface area (Å²) in [4.78, 5) is 21.2. The van der Waals surface area contributed by atoms with Gasteiger partial charge in [0.1, 0.15) is 23.7 Å². The Morgan fingerprint density at radius 1 is 1.19 bits per heavy atom. The zero-order chi connectivity index (χ0) is 19.2. The Morgan fingerprint density at radius 2 is 1.96 bits per heavy atom. The Hall–Kier alpha value is -2.90. The number of hydrogen-bond donors (Lipinski definition) is 2. The highest BCUT2D eigenvalue weighted by Gasteiger charge is 2.12. The van der Waals surface area contributed by atoms with Crippen molar-refractivity contribution in [3.05, 3.63) is 42.5 Å². The van der Waals surface area contributed by atoms with Crippen LogP contribution in [0.1, 0.15) is 13.8 Å². The minimum absolute atomic E-state index is 0.552. The average Bonchev–Trinajstić information content (AvgIpc) is 3.15. The maximum atomic E-state index is 11.0. The molecule has 0 saturated carbocycles. The number of aromatic nitrogens is 2. The molecule has 1 amide bonds. The van der Waals surface area contributed by atoms with Crippen LogP contribution in [0.5, 0.6) is 5.75 Å². The molecule has 3 N–H and O–H groups in total. The smallest absolute Gasteiger partial charge is 0.228 e. The summed E-state index contributed by atoms with van der Waals surface area (Å²) >= 11 is 0. The summed E-state index contributed by atoms with van der Waals surface area (Å²) in [6, 6.07) is 13.3. The van der Waals surface area contributed by atoms with Gasteiger partial charge in [-0.3, -0.25) is 4.79 Å². The van der Waals surface area contributed by atoms with Gasteiger partial charge in [-0.15, -0.1) is 0 Å². The topological polar surface area (TPSA) is 87.5 Å². The Kier molecular flexibility index (Phi) is 6.05. The SMILES string of the molecule is CCN(CC)CCOc1cccc(-c2nc3c(N(N)C=O)cccc3[nH]2)c1. The van der Waals surface area contributed by atoms with Crippen molar-refractivity contribution in [1.29, 1.82) is 0 Å². The van der Waals surface area contributed by atoms with Crippen LogP contribution in [-0.2, 0) is 4.79 Å². The van der Waals surface area contributed by atoms with Crippen molar-refractivity contribution in [1.82, 2.24) is 14.9 Å². The van der Waals surface area contributed by atoms with Crippen LogP contribution in [0.4, 0.5) is 5.69 Å². The van der Waals surface area contributed by atoms with E-state index in [1.54, 1.807) is 6.07 Å². The van der Waals surface area contributed by atoms with Crippen molar-refractivity contribution in [2.75, 3.05) is 31.3 Å². The molecule has 0 bridgehead atoms. The largest absolute Gasteiger partial charge is 0.492 e. The molecule has 0 fully saturated rings. The number of hydrazine groups is 1. The molecule has 0 spiro atoms. The number of benzene rings is 2. The van der Waals surface area contributed by atoms with Gasteiger partial charge in [-0.1, -0.05) is 32.0 Å². The van der Waals surface area contributed by atoms with Crippen LogP contribution >= 0.6 is 0 Å². The number of nitrogens with one attached hydrogen (secondary N) is 1. The summed E-state index contributed by atoms with van der Waals surface area (Å²) in [5.41, 5.74) is 2.92. The van der Waals surface area contributed by atoms with Crippen LogP contribution in [0.15, 0.2) is 42.5 Å². The predicted molar refractivity (Wildman–Crippen MR) is 108 cm³/mol. The number of aromatic amines is 1. The molecule has 3 aromatic rings. The second kappa shape index (κ2) is 8.66. The van der Waals surface area contributed by atoms with E-state index in [9.17, 15) is 4.79 Å². The molecule has 1 heterocycles. The van der Waals surface area contributed by atoms with Crippen LogP contribution in [0.25, 0.3) is 22.4 Å². The van der Waals surface area contributed by atoms with Gasteiger partial charge in [-0.25, -0.2) is 15.8 Å². The van der Waals surface area contributed by atoms with Crippen molar-refractivity contribution >= 4 is 23.1 Å². The van der Waals surface area contributed by atoms with E-state index in [1.165, 1.54) is 0 Å². The lowest BCUT2D eigenvalue weighted by molar-refractivity contribution is -0.107. The van der Waals surface area contributed by atoms with E-state index in [4.69, 9.17) is 10.6 Å². The lowest BCUT2D eigenvalue weighted by atomic mass is 10.2. The van der Waals surface area contributed by atoms with Gasteiger partial charge >= 0.3 is 0 Å². The Balaban J connectivity index is 1.81. The molecule has 0 aliphatic rings. The van der Waals surface area contributed by atoms with Crippen molar-refractivity contribution in [2.45, 2.75) is 13.8 Å². The maximum Gasteiger partial charge on any atom is 0.228 e. The zero-order valence-electron chi connectivity index (χ0n) is 15.7. The number of fused-ring (bicyclic) bond motifs is 1. The Morgan fingerprint density at radius 3 is 2.70 bits per heavy atom. The van der Waals surface area contributed by atoms with Gasteiger partial charge in [-0.05, 0) is 37.4 Å². The first kappa shape index (κ1) is 18.9. The van der Waals surface area contributed by atoms with E-state index in [-0.39, 0.29) is 0 Å². The molecule has 0 radical (unpaired) electrons. The fourth-order valence-electron chi connectivity index (χ4n) is 2.98. The molecule has 142 valence electrons. The number of amides is 1. The van der Waals surface area contributed by atoms with Crippen molar-refractivity contribution < 1.29 is 9.53 Å². The Labute approximate surface area is 158 Å². The summed E-state index contributed by atoms with van der Waals surface area (Å²) in [6.45, 7) is 7.85. The highest BCUT2D eigenvalue weighted by molar-refractivity contribution is 5.95. The lowest BCUT2D eigenvalue weighted by Crippen LogP contribution is -2.28. The molecule has 0 saturated heterocycles. The van der Waals surface area contributed by atoms with Gasteiger partial charge in [0.2, 0.25) is 6.41 Å². The number of H-pyrrole nitrogens is 1. The fourth-order valence-corrected chi connectivity index (χ4v) is 2.98. The third-order valence-corrected chi connectivity index (χ3v) is 4.56. The van der Waals surface area contributed by atoms with E-state index in [0.717, 1.165) is 41.5 Å². The summed E-state index contributed by atoms with van der Waals surface area (Å²) < 4.78 is 5.90. The number of nitrogens with two attached hydrogens (primary N) is 1. The van der Waals surface area contributed by atoms with E-state index in [0.29, 0.717) is 30.0 Å². The normalized spacial score (nSPS) is 11.1. The molecular formula is C20H25N5O2. The molecule has 3 rings (SSSR count). The molecule has 0 unspecified atom stereocenters. The third-order valence-electron chi connectivity index (χ3n) is 4.56. The van der Waals surface area contributed by atoms with Crippen LogP contribution in [-0.4, -0.2) is 47.5 Å². The quantitative estimate of drug-likeness (QED) is 0.263. The van der Waals surface area contributed by atoms with Gasteiger partial charge in [0, 0.05) is 12.1 Å². The van der Waals surface area contributed by atoms with Gasteiger partial charge < -0.3 is 14.6 Å². The number of likely N-dealkylation sites (N-methyl/N-ethyl adjacent to an activating group) is 1. The molecule has 0 atom stereocenters. The molecule has 0 aliphatic carbocycles. The first-order chi connectivity index (χ1) is 13.2. The number of imidazole rings is 1. The lowest BCUT2D eigenvalue weighted by Gasteiger charge is -2.18. The third kappa shape index (κ3) is 4.27. The van der Waals surface area contributed by atoms with Crippen molar-refractivity contribution in [3.8, 4) is 17.1 Å². The highest BCUT2D eigenvalue weighted by Crippen LogP contribution is 2.28. The van der Waals surface area contributed by atoms with Gasteiger partial charge in [-0.2, -0.15) is 0 Å². The summed E-state index contributed by atoms with van der Waals surface area (Å²) in [5.74, 6) is 7.22. The summed E-state index contributed by atoms with van der Waals surface area (Å²) in [5, 5.41) is 1.03. The number of rotatable bonds is 9. The molecular weight excluding hydrogens is 342 g/mol. The van der Waals surface area contributed by atoms with Crippen LogP contribution in [0.2, 0.25) is 0 Å². The summed E-state index contributed by atoms with van der Waals surface area (Å²) in [6.07, 6.45) is 0.563. The van der Waals surface area contributed by atoms with Gasteiger partial charge in [0.15, 0.2) is 0 Å². The molecule has 0 aliphatic heterocycles. The van der Waals surface area contributed by atoms with Gasteiger partial charge in [0.05, 0.1) is 11.2 Å². The first-order valence-corrected chi connectivity index (χ1v) is 9.09. The van der Waals surface area contributed by atoms with E-state index in [1.807, 2.05) is 36.4 Å². The molecule has 7 heteroatoms. The molecule has 2 aromatic carbocycles. The standard InChI is InChI=1S/C20H25N5O2/c1-3-24(4-2)11-12-27-16-8-5-7-15(13-16)20-22-17-9-6-10-18(19(17)23-20)25(21)14-26/h5-10,13-14H,3-4,11-12,21H2,1-2H3,(H,22,23). The monoisotopic (exact) mass is 367 g/mol. The Bertz CT molecular complexity index is 904. The van der Waals surface area contributed by atoms with E-state index in [2.05, 4.69) is 28.7 Å². The van der Waals surface area contributed by atoms with E-state index >= 15 is 0 Å². The van der Waals surface area contributed by atoms with Crippen molar-refractivity contribution in [3.63, 3.8) is 0 Å². The number of carbonyl (C=O) groups excluding carboxylic acids is 1. The zero-order valence-corrected chi connectivity index (χ0v) is 15.7. The number of ether oxygens (including phenoxy) is 1. The fraction of sp³-hybridized carbons (Fsp3) is 0.300. The van der Waals surface area contributed by atoms with Crippen LogP contribution in [0, 0.1) is 0 Å². The van der Waals surface area contributed by atoms with Crippen LogP contribution < -0.4 is 15.6 Å². The second-order valence-corrected chi connectivity index (χ2v) is 6.17. The first-order valence-electron chi connectivity index (χ1n) is 9.09. The number of para-hydroxylation sites is 1. The number of carbonyl (C=O) groups is 1. The maximum absolute atomic E-state index is 11.0. The van der Waals surface area contributed by atoms with Crippen molar-refractivity contribution in [2.24, 2.45) is 5.84 Å². The number of nitrogens with zero attached hydrogens (tertiary/aromatic N) is 3. The molecule has 27 heavy (non-hydrogen) atoms. The number of hydrogen-bond acceptors (Lipinski definition) is 5. The minimum Gasteiger partial charge on any atom is -0.492 e. The van der Waals surface area contributed by atoms with Gasteiger partial charge in [0.25, 0.3) is 0 Å². The summed E-state index contributed by atoms with van der Waals surface area (Å²) in [7, 11) is 0. The predicted octanol–water partition coefficient (Wildman–Crippen LogP) is 2.79. The average molecular weight is 367 g/mol. The minimum atomic E-state index is 0.552. The molecule has 1 aromatic heterocycles. The number of anilines is 1. The second-order valence-electron chi connectivity index (χ2n) is 6.17. The highest BCUT2D eigenvalue weighted by atomic mass is 16.5. The van der Waals surface area contributed by atoms with Crippen LogP contribution in [0.3, 0.4) is 0 Å². The molecule has 7 nitrogen and oxygen atoms in total.